The summed E-state index contributed by atoms with van der Waals surface area (Å²) < 4.78 is 10.8. The number of carbonyl (C=O) groups excluding carboxylic acids is 1. The maximum Gasteiger partial charge on any atom is 0.238 e. The number of fused-ring (bicyclic) bond motifs is 1. The van der Waals surface area contributed by atoms with Gasteiger partial charge in [-0.25, -0.2) is 0 Å². The van der Waals surface area contributed by atoms with Gasteiger partial charge in [-0.05, 0) is 5.56 Å². The number of carbonyl (C=O) groups is 1. The van der Waals surface area contributed by atoms with Gasteiger partial charge in [0.1, 0.15) is 0 Å². The van der Waals surface area contributed by atoms with Gasteiger partial charge in [-0.3, -0.25) is 4.79 Å². The zero-order valence-corrected chi connectivity index (χ0v) is 7.66. The van der Waals surface area contributed by atoms with Crippen molar-refractivity contribution in [2.24, 2.45) is 0 Å². The molecule has 1 fully saturated rings. The number of ether oxygens (including phenoxy) is 2. The van der Waals surface area contributed by atoms with Crippen LogP contribution >= 0.6 is 0 Å². The van der Waals surface area contributed by atoms with Gasteiger partial charge in [0.25, 0.3) is 0 Å². The molecule has 1 aromatic carbocycles. The second-order valence-corrected chi connectivity index (χ2v) is 3.61. The van der Waals surface area contributed by atoms with Gasteiger partial charge in [-0.1, -0.05) is 24.3 Å². The van der Waals surface area contributed by atoms with Crippen molar-refractivity contribution < 1.29 is 14.3 Å². The highest BCUT2D eigenvalue weighted by Crippen LogP contribution is 2.36. The van der Waals surface area contributed by atoms with Crippen LogP contribution in [0.3, 0.4) is 0 Å². The van der Waals surface area contributed by atoms with Gasteiger partial charge in [-0.15, -0.1) is 0 Å². The quantitative estimate of drug-likeness (QED) is 0.616. The first-order valence-corrected chi connectivity index (χ1v) is 4.72. The first kappa shape index (κ1) is 8.15. The maximum atomic E-state index is 12.0. The molecule has 1 saturated heterocycles. The molecule has 1 aliphatic heterocycles. The molecule has 14 heavy (non-hydrogen) atoms. The molecule has 1 heterocycles. The van der Waals surface area contributed by atoms with Crippen LogP contribution in [-0.4, -0.2) is 24.8 Å². The van der Waals surface area contributed by atoms with E-state index in [2.05, 4.69) is 0 Å². The molecule has 0 aromatic heterocycles. The van der Waals surface area contributed by atoms with Gasteiger partial charge >= 0.3 is 0 Å². The lowest BCUT2D eigenvalue weighted by molar-refractivity contribution is -0.113. The Morgan fingerprint density at radius 2 is 1.86 bits per heavy atom. The summed E-state index contributed by atoms with van der Waals surface area (Å²) in [7, 11) is 0. The molecular weight excluding hydrogens is 180 g/mol. The molecule has 0 atom stereocenters. The van der Waals surface area contributed by atoms with Crippen LogP contribution in [0.25, 0.3) is 0 Å². The van der Waals surface area contributed by atoms with Crippen molar-refractivity contribution in [1.82, 2.24) is 0 Å². The van der Waals surface area contributed by atoms with E-state index in [0.29, 0.717) is 19.6 Å². The molecular formula is C11H10O3. The van der Waals surface area contributed by atoms with Crippen LogP contribution in [0.15, 0.2) is 24.3 Å². The SMILES string of the molecule is O=C1c2ccccc2CC12OCCO2. The van der Waals surface area contributed by atoms with Crippen molar-refractivity contribution in [3.63, 3.8) is 0 Å². The van der Waals surface area contributed by atoms with Crippen molar-refractivity contribution in [2.75, 3.05) is 13.2 Å². The molecule has 0 radical (unpaired) electrons. The van der Waals surface area contributed by atoms with E-state index in [4.69, 9.17) is 9.47 Å². The van der Waals surface area contributed by atoms with E-state index in [9.17, 15) is 4.79 Å². The van der Waals surface area contributed by atoms with Crippen molar-refractivity contribution in [3.8, 4) is 0 Å². The monoisotopic (exact) mass is 190 g/mol. The third-order valence-electron chi connectivity index (χ3n) is 2.78. The summed E-state index contributed by atoms with van der Waals surface area (Å²) in [4.78, 5) is 12.0. The third-order valence-corrected chi connectivity index (χ3v) is 2.78. The molecule has 0 unspecified atom stereocenters. The number of hydrogen-bond donors (Lipinski definition) is 0. The van der Waals surface area contributed by atoms with Gasteiger partial charge in [0.15, 0.2) is 0 Å². The zero-order valence-electron chi connectivity index (χ0n) is 7.66. The second kappa shape index (κ2) is 2.65. The van der Waals surface area contributed by atoms with E-state index in [1.807, 2.05) is 24.3 Å². The molecule has 0 amide bonds. The number of rotatable bonds is 0. The third kappa shape index (κ3) is 0.910. The molecule has 0 N–H and O–H groups in total. The Morgan fingerprint density at radius 1 is 1.14 bits per heavy atom. The maximum absolute atomic E-state index is 12.0. The van der Waals surface area contributed by atoms with Gasteiger partial charge in [0, 0.05) is 12.0 Å². The number of hydrogen-bond acceptors (Lipinski definition) is 3. The highest BCUT2D eigenvalue weighted by atomic mass is 16.7. The lowest BCUT2D eigenvalue weighted by atomic mass is 10.1. The summed E-state index contributed by atoms with van der Waals surface area (Å²) in [5.74, 6) is -1.01. The first-order chi connectivity index (χ1) is 6.82. The largest absolute Gasteiger partial charge is 0.341 e. The second-order valence-electron chi connectivity index (χ2n) is 3.61. The minimum atomic E-state index is -0.982. The van der Waals surface area contributed by atoms with Crippen LogP contribution in [0.2, 0.25) is 0 Å². The Balaban J connectivity index is 2.09. The summed E-state index contributed by atoms with van der Waals surface area (Å²) in [6.07, 6.45) is 0.558. The molecule has 72 valence electrons. The molecule has 1 aromatic rings. The van der Waals surface area contributed by atoms with Crippen LogP contribution in [0.5, 0.6) is 0 Å². The fourth-order valence-electron chi connectivity index (χ4n) is 2.12. The Bertz CT molecular complexity index is 391. The summed E-state index contributed by atoms with van der Waals surface area (Å²) in [6, 6.07) is 7.58. The van der Waals surface area contributed by atoms with Crippen molar-refractivity contribution in [1.29, 1.82) is 0 Å². The van der Waals surface area contributed by atoms with Gasteiger partial charge in [0.2, 0.25) is 11.6 Å². The van der Waals surface area contributed by atoms with Crippen molar-refractivity contribution in [3.05, 3.63) is 35.4 Å². The Morgan fingerprint density at radius 3 is 2.57 bits per heavy atom. The molecule has 0 bridgehead atoms. The van der Waals surface area contributed by atoms with Crippen LogP contribution in [0.1, 0.15) is 15.9 Å². The van der Waals surface area contributed by atoms with E-state index >= 15 is 0 Å². The van der Waals surface area contributed by atoms with Crippen LogP contribution in [0.4, 0.5) is 0 Å². The highest BCUT2D eigenvalue weighted by Gasteiger charge is 2.50. The smallest absolute Gasteiger partial charge is 0.238 e. The van der Waals surface area contributed by atoms with E-state index in [1.165, 1.54) is 0 Å². The highest BCUT2D eigenvalue weighted by molar-refractivity contribution is 6.06. The fourth-order valence-corrected chi connectivity index (χ4v) is 2.12. The normalized spacial score (nSPS) is 23.0. The molecule has 2 aliphatic rings. The first-order valence-electron chi connectivity index (χ1n) is 4.72. The van der Waals surface area contributed by atoms with Crippen LogP contribution < -0.4 is 0 Å². The van der Waals surface area contributed by atoms with Crippen LogP contribution in [0, 0.1) is 0 Å². The molecule has 3 rings (SSSR count). The predicted octanol–water partition coefficient (Wildman–Crippen LogP) is 1.17. The van der Waals surface area contributed by atoms with E-state index < -0.39 is 5.79 Å². The van der Waals surface area contributed by atoms with Gasteiger partial charge in [-0.2, -0.15) is 0 Å². The zero-order chi connectivity index (χ0) is 9.60. The van der Waals surface area contributed by atoms with E-state index in [1.54, 1.807) is 0 Å². The number of ketones is 1. The molecule has 3 heteroatoms. The summed E-state index contributed by atoms with van der Waals surface area (Å²) in [6.45, 7) is 1.03. The minimum absolute atomic E-state index is 0.0226. The van der Waals surface area contributed by atoms with Gasteiger partial charge < -0.3 is 9.47 Å². The summed E-state index contributed by atoms with van der Waals surface area (Å²) >= 11 is 0. The average molecular weight is 190 g/mol. The molecule has 1 aliphatic carbocycles. The molecule has 0 saturated carbocycles. The average Bonchev–Trinajstić information content (AvgIpc) is 2.77. The Labute approximate surface area is 81.6 Å². The fraction of sp³-hybridized carbons (Fsp3) is 0.364. The molecule has 1 spiro atoms. The summed E-state index contributed by atoms with van der Waals surface area (Å²) in [5.41, 5.74) is 1.77. The van der Waals surface area contributed by atoms with E-state index in [-0.39, 0.29) is 5.78 Å². The Kier molecular flexibility index (Phi) is 1.54. The molecule has 3 nitrogen and oxygen atoms in total. The minimum Gasteiger partial charge on any atom is -0.341 e. The number of benzene rings is 1. The topological polar surface area (TPSA) is 35.5 Å². The lowest BCUT2D eigenvalue weighted by Crippen LogP contribution is -2.36. The van der Waals surface area contributed by atoms with Gasteiger partial charge in [0.05, 0.1) is 13.2 Å². The predicted molar refractivity (Wildman–Crippen MR) is 49.1 cm³/mol. The standard InChI is InChI=1S/C11H10O3/c12-10-9-4-2-1-3-8(9)7-11(10)13-5-6-14-11/h1-4H,5-7H2. The summed E-state index contributed by atoms with van der Waals surface area (Å²) in [5, 5.41) is 0. The number of Topliss-reactive ketones (excluding diaryl/α,β-unsaturated/α-hetero) is 1. The van der Waals surface area contributed by atoms with Crippen LogP contribution in [-0.2, 0) is 15.9 Å². The lowest BCUT2D eigenvalue weighted by Gasteiger charge is -2.18. The van der Waals surface area contributed by atoms with Crippen molar-refractivity contribution >= 4 is 5.78 Å². The van der Waals surface area contributed by atoms with E-state index in [0.717, 1.165) is 11.1 Å². The van der Waals surface area contributed by atoms with Crippen molar-refractivity contribution in [2.45, 2.75) is 12.2 Å². The Hall–Kier alpha value is -1.19.